The summed E-state index contributed by atoms with van der Waals surface area (Å²) in [7, 11) is 0. The van der Waals surface area contributed by atoms with Gasteiger partial charge in [-0.2, -0.15) is 0 Å². The van der Waals surface area contributed by atoms with E-state index in [1.54, 1.807) is 0 Å². The molecule has 0 saturated carbocycles. The predicted molar refractivity (Wildman–Crippen MR) is 74.7 cm³/mol. The Balaban J connectivity index is 2.11. The summed E-state index contributed by atoms with van der Waals surface area (Å²) in [5, 5.41) is 2.94. The van der Waals surface area contributed by atoms with Crippen LogP contribution in [-0.4, -0.2) is 25.2 Å². The molecule has 0 aliphatic carbocycles. The molecule has 1 unspecified atom stereocenters. The van der Waals surface area contributed by atoms with Crippen LogP contribution in [0.1, 0.15) is 30.9 Å². The molecule has 4 nitrogen and oxygen atoms in total. The van der Waals surface area contributed by atoms with Crippen molar-refractivity contribution in [3.8, 4) is 5.75 Å². The van der Waals surface area contributed by atoms with E-state index in [2.05, 4.69) is 5.32 Å². The lowest BCUT2D eigenvalue weighted by Crippen LogP contribution is -2.27. The highest BCUT2D eigenvalue weighted by molar-refractivity contribution is 5.95. The third-order valence-corrected chi connectivity index (χ3v) is 3.30. The monoisotopic (exact) mass is 263 g/mol. The van der Waals surface area contributed by atoms with E-state index in [-0.39, 0.29) is 12.0 Å². The van der Waals surface area contributed by atoms with E-state index in [4.69, 9.17) is 9.47 Å². The Morgan fingerprint density at radius 1 is 1.42 bits per heavy atom. The third kappa shape index (κ3) is 3.26. The van der Waals surface area contributed by atoms with Gasteiger partial charge in [-0.3, -0.25) is 4.79 Å². The Morgan fingerprint density at radius 2 is 2.21 bits per heavy atom. The van der Waals surface area contributed by atoms with Crippen LogP contribution in [0.2, 0.25) is 0 Å². The van der Waals surface area contributed by atoms with Crippen molar-refractivity contribution in [2.24, 2.45) is 0 Å². The molecule has 1 aromatic rings. The molecule has 104 valence electrons. The van der Waals surface area contributed by atoms with Crippen molar-refractivity contribution in [2.75, 3.05) is 18.5 Å². The molecule has 0 bridgehead atoms. The van der Waals surface area contributed by atoms with E-state index in [0.717, 1.165) is 35.4 Å². The van der Waals surface area contributed by atoms with Gasteiger partial charge in [-0.25, -0.2) is 0 Å². The number of anilines is 1. The molecular formula is C15H21NO3. The molecule has 0 aromatic heterocycles. The van der Waals surface area contributed by atoms with Crippen molar-refractivity contribution < 1.29 is 14.3 Å². The highest BCUT2D eigenvalue weighted by Crippen LogP contribution is 2.27. The number of ether oxygens (including phenoxy) is 2. The summed E-state index contributed by atoms with van der Waals surface area (Å²) in [4.78, 5) is 12.0. The van der Waals surface area contributed by atoms with E-state index in [1.807, 2.05) is 32.9 Å². The van der Waals surface area contributed by atoms with Crippen molar-refractivity contribution in [3.05, 3.63) is 23.3 Å². The lowest BCUT2D eigenvalue weighted by Gasteiger charge is -2.15. The number of hydrogen-bond acceptors (Lipinski definition) is 3. The standard InChI is InChI=1S/C15H21NO3/c1-4-18-14-9-10(2)12(8-11(14)3)16-15(17)13-6-5-7-19-13/h8-9,13H,4-7H2,1-3H3,(H,16,17). The van der Waals surface area contributed by atoms with Crippen LogP contribution in [0.4, 0.5) is 5.69 Å². The van der Waals surface area contributed by atoms with Gasteiger partial charge in [0.15, 0.2) is 0 Å². The highest BCUT2D eigenvalue weighted by Gasteiger charge is 2.24. The SMILES string of the molecule is CCOc1cc(C)c(NC(=O)C2CCCO2)cc1C. The van der Waals surface area contributed by atoms with E-state index < -0.39 is 0 Å². The summed E-state index contributed by atoms with van der Waals surface area (Å²) in [6.07, 6.45) is 1.46. The largest absolute Gasteiger partial charge is 0.494 e. The fourth-order valence-corrected chi connectivity index (χ4v) is 2.23. The average Bonchev–Trinajstić information content (AvgIpc) is 2.89. The molecule has 1 N–H and O–H groups in total. The van der Waals surface area contributed by atoms with Gasteiger partial charge >= 0.3 is 0 Å². The van der Waals surface area contributed by atoms with Gasteiger partial charge in [0, 0.05) is 12.3 Å². The van der Waals surface area contributed by atoms with E-state index in [1.165, 1.54) is 0 Å². The Bertz CT molecular complexity index is 465. The maximum atomic E-state index is 12.0. The van der Waals surface area contributed by atoms with Gasteiger partial charge in [-0.15, -0.1) is 0 Å². The van der Waals surface area contributed by atoms with Crippen molar-refractivity contribution in [1.29, 1.82) is 0 Å². The van der Waals surface area contributed by atoms with E-state index in [9.17, 15) is 4.79 Å². The van der Waals surface area contributed by atoms with E-state index >= 15 is 0 Å². The van der Waals surface area contributed by atoms with Crippen molar-refractivity contribution in [3.63, 3.8) is 0 Å². The molecular weight excluding hydrogens is 242 g/mol. The van der Waals surface area contributed by atoms with Gasteiger partial charge in [0.05, 0.1) is 6.61 Å². The number of carbonyl (C=O) groups excluding carboxylic acids is 1. The maximum absolute atomic E-state index is 12.0. The number of hydrogen-bond donors (Lipinski definition) is 1. The Morgan fingerprint density at radius 3 is 2.84 bits per heavy atom. The summed E-state index contributed by atoms with van der Waals surface area (Å²) in [6, 6.07) is 3.91. The number of aryl methyl sites for hydroxylation is 2. The topological polar surface area (TPSA) is 47.6 Å². The zero-order valence-electron chi connectivity index (χ0n) is 11.8. The normalized spacial score (nSPS) is 18.4. The van der Waals surface area contributed by atoms with E-state index in [0.29, 0.717) is 13.2 Å². The van der Waals surface area contributed by atoms with Crippen LogP contribution < -0.4 is 10.1 Å². The lowest BCUT2D eigenvalue weighted by molar-refractivity contribution is -0.124. The van der Waals surface area contributed by atoms with Crippen molar-refractivity contribution in [2.45, 2.75) is 39.7 Å². The van der Waals surface area contributed by atoms with Crippen LogP contribution in [0.3, 0.4) is 0 Å². The molecule has 1 amide bonds. The quantitative estimate of drug-likeness (QED) is 0.908. The van der Waals surface area contributed by atoms with Crippen LogP contribution in [0.25, 0.3) is 0 Å². The first-order valence-corrected chi connectivity index (χ1v) is 6.78. The van der Waals surface area contributed by atoms with Gasteiger partial charge in [-0.1, -0.05) is 0 Å². The van der Waals surface area contributed by atoms with Gasteiger partial charge < -0.3 is 14.8 Å². The average molecular weight is 263 g/mol. The second kappa shape index (κ2) is 6.06. The molecule has 1 heterocycles. The first kappa shape index (κ1) is 13.9. The molecule has 1 aromatic carbocycles. The summed E-state index contributed by atoms with van der Waals surface area (Å²) < 4.78 is 10.9. The number of amides is 1. The van der Waals surface area contributed by atoms with Gasteiger partial charge in [0.25, 0.3) is 5.91 Å². The molecule has 1 fully saturated rings. The minimum Gasteiger partial charge on any atom is -0.494 e. The third-order valence-electron chi connectivity index (χ3n) is 3.30. The second-order valence-electron chi connectivity index (χ2n) is 4.86. The first-order valence-electron chi connectivity index (χ1n) is 6.78. The van der Waals surface area contributed by atoms with Gasteiger partial charge in [0.2, 0.25) is 0 Å². The number of rotatable bonds is 4. The Hall–Kier alpha value is -1.55. The Labute approximate surface area is 114 Å². The predicted octanol–water partition coefficient (Wildman–Crippen LogP) is 2.82. The van der Waals surface area contributed by atoms with Crippen LogP contribution in [0, 0.1) is 13.8 Å². The molecule has 1 aliphatic rings. The summed E-state index contributed by atoms with van der Waals surface area (Å²) in [5.74, 6) is 0.819. The summed E-state index contributed by atoms with van der Waals surface area (Å²) in [6.45, 7) is 7.22. The fourth-order valence-electron chi connectivity index (χ4n) is 2.23. The van der Waals surface area contributed by atoms with Crippen molar-refractivity contribution >= 4 is 11.6 Å². The molecule has 2 rings (SSSR count). The minimum atomic E-state index is -0.300. The second-order valence-corrected chi connectivity index (χ2v) is 4.86. The number of carbonyl (C=O) groups is 1. The zero-order valence-corrected chi connectivity index (χ0v) is 11.8. The van der Waals surface area contributed by atoms with Crippen molar-refractivity contribution in [1.82, 2.24) is 0 Å². The Kier molecular flexibility index (Phi) is 4.43. The summed E-state index contributed by atoms with van der Waals surface area (Å²) >= 11 is 0. The molecule has 1 saturated heterocycles. The molecule has 1 aliphatic heterocycles. The van der Waals surface area contributed by atoms with Crippen LogP contribution >= 0.6 is 0 Å². The van der Waals surface area contributed by atoms with Crippen LogP contribution in [0.15, 0.2) is 12.1 Å². The van der Waals surface area contributed by atoms with Gasteiger partial charge in [-0.05, 0) is 56.9 Å². The molecule has 0 radical (unpaired) electrons. The molecule has 0 spiro atoms. The van der Waals surface area contributed by atoms with Crippen LogP contribution in [0.5, 0.6) is 5.75 Å². The smallest absolute Gasteiger partial charge is 0.253 e. The fraction of sp³-hybridized carbons (Fsp3) is 0.533. The first-order chi connectivity index (χ1) is 9.11. The maximum Gasteiger partial charge on any atom is 0.253 e. The molecule has 1 atom stereocenters. The lowest BCUT2D eigenvalue weighted by atomic mass is 10.1. The minimum absolute atomic E-state index is 0.0517. The number of nitrogens with one attached hydrogen (secondary N) is 1. The number of benzene rings is 1. The zero-order chi connectivity index (χ0) is 13.8. The highest BCUT2D eigenvalue weighted by atomic mass is 16.5. The van der Waals surface area contributed by atoms with Gasteiger partial charge in [0.1, 0.15) is 11.9 Å². The summed E-state index contributed by atoms with van der Waals surface area (Å²) in [5.41, 5.74) is 2.86. The molecule has 4 heteroatoms. The molecule has 19 heavy (non-hydrogen) atoms. The van der Waals surface area contributed by atoms with Crippen LogP contribution in [-0.2, 0) is 9.53 Å².